The van der Waals surface area contributed by atoms with Crippen molar-refractivity contribution < 1.29 is 4.39 Å². The number of halogens is 3. The number of alkyl halides is 1. The van der Waals surface area contributed by atoms with Crippen LogP contribution in [0.15, 0.2) is 22.7 Å². The van der Waals surface area contributed by atoms with Crippen molar-refractivity contribution in [3.63, 3.8) is 0 Å². The number of rotatable bonds is 3. The molecule has 0 amide bonds. The molecule has 1 nitrogen and oxygen atoms in total. The first-order valence-corrected chi connectivity index (χ1v) is 5.98. The Morgan fingerprint density at radius 2 is 2.21 bits per heavy atom. The first-order chi connectivity index (χ1) is 6.67. The van der Waals surface area contributed by atoms with Crippen molar-refractivity contribution in [2.75, 3.05) is 5.33 Å². The topological polar surface area (TPSA) is 23.8 Å². The van der Waals surface area contributed by atoms with E-state index in [1.165, 1.54) is 12.1 Å². The lowest BCUT2D eigenvalue weighted by Crippen LogP contribution is -2.03. The largest absolute Gasteiger partial charge is 0.207 e. The van der Waals surface area contributed by atoms with Crippen LogP contribution in [0.25, 0.3) is 0 Å². The highest BCUT2D eigenvalue weighted by atomic mass is 79.9. The smallest absolute Gasteiger partial charge is 0.124 e. The maximum atomic E-state index is 12.7. The highest BCUT2D eigenvalue weighted by Gasteiger charge is 2.09. The van der Waals surface area contributed by atoms with Crippen LogP contribution in [0.1, 0.15) is 5.56 Å². The molecule has 0 bridgehead atoms. The summed E-state index contributed by atoms with van der Waals surface area (Å²) in [4.78, 5) is 0. The Morgan fingerprint density at radius 1 is 1.50 bits per heavy atom. The molecule has 0 heterocycles. The number of benzene rings is 1. The molecule has 0 aliphatic heterocycles. The highest BCUT2D eigenvalue weighted by Crippen LogP contribution is 2.21. The Balaban J connectivity index is 2.82. The maximum Gasteiger partial charge on any atom is 0.124 e. The summed E-state index contributed by atoms with van der Waals surface area (Å²) in [5.74, 6) is -0.343. The monoisotopic (exact) mass is 319 g/mol. The Labute approximate surface area is 99.2 Å². The SMILES string of the molecule is N#CC(CBr)Cc1ccc(F)cc1Br. The minimum Gasteiger partial charge on any atom is -0.207 e. The average Bonchev–Trinajstić information content (AvgIpc) is 2.17. The molecular weight excluding hydrogens is 313 g/mol. The molecule has 1 unspecified atom stereocenters. The summed E-state index contributed by atoms with van der Waals surface area (Å²) < 4.78 is 13.5. The Kier molecular flexibility index (Phi) is 4.56. The van der Waals surface area contributed by atoms with Crippen LogP contribution in [0.5, 0.6) is 0 Å². The van der Waals surface area contributed by atoms with Crippen molar-refractivity contribution in [2.45, 2.75) is 6.42 Å². The fourth-order valence-electron chi connectivity index (χ4n) is 1.09. The number of hydrogen-bond acceptors (Lipinski definition) is 1. The first kappa shape index (κ1) is 11.7. The zero-order valence-electron chi connectivity index (χ0n) is 7.30. The van der Waals surface area contributed by atoms with E-state index in [9.17, 15) is 4.39 Å². The van der Waals surface area contributed by atoms with E-state index in [1.54, 1.807) is 6.07 Å². The third-order valence-corrected chi connectivity index (χ3v) is 3.37. The van der Waals surface area contributed by atoms with Gasteiger partial charge in [0.05, 0.1) is 12.0 Å². The molecule has 1 atom stereocenters. The molecule has 0 fully saturated rings. The van der Waals surface area contributed by atoms with Crippen molar-refractivity contribution in [2.24, 2.45) is 5.92 Å². The molecule has 0 aliphatic carbocycles. The summed E-state index contributed by atoms with van der Waals surface area (Å²) in [6, 6.07) is 6.70. The van der Waals surface area contributed by atoms with Gasteiger partial charge in [-0.2, -0.15) is 5.26 Å². The summed E-state index contributed by atoms with van der Waals surface area (Å²) in [7, 11) is 0. The van der Waals surface area contributed by atoms with Gasteiger partial charge in [-0.05, 0) is 24.1 Å². The average molecular weight is 321 g/mol. The molecule has 0 aliphatic rings. The van der Waals surface area contributed by atoms with Gasteiger partial charge in [0.1, 0.15) is 5.82 Å². The van der Waals surface area contributed by atoms with Gasteiger partial charge in [0.2, 0.25) is 0 Å². The zero-order valence-corrected chi connectivity index (χ0v) is 10.5. The molecule has 0 saturated carbocycles. The third-order valence-electron chi connectivity index (χ3n) is 1.85. The number of hydrogen-bond donors (Lipinski definition) is 0. The van der Waals surface area contributed by atoms with Gasteiger partial charge < -0.3 is 0 Å². The standard InChI is InChI=1S/C10H8Br2FN/c11-5-7(6-14)3-8-1-2-9(13)4-10(8)12/h1-2,4,7H,3,5H2. The molecule has 1 aromatic rings. The Bertz CT molecular complexity index is 360. The molecule has 4 heteroatoms. The van der Waals surface area contributed by atoms with Gasteiger partial charge in [-0.25, -0.2) is 4.39 Å². The fraction of sp³-hybridized carbons (Fsp3) is 0.300. The van der Waals surface area contributed by atoms with E-state index in [2.05, 4.69) is 37.9 Å². The summed E-state index contributed by atoms with van der Waals surface area (Å²) in [5, 5.41) is 9.40. The maximum absolute atomic E-state index is 12.7. The van der Waals surface area contributed by atoms with Crippen LogP contribution >= 0.6 is 31.9 Å². The summed E-state index contributed by atoms with van der Waals surface area (Å²) in [6.45, 7) is 0. The van der Waals surface area contributed by atoms with Crippen LogP contribution in [0.4, 0.5) is 4.39 Å². The second-order valence-electron chi connectivity index (χ2n) is 2.92. The molecule has 1 aromatic carbocycles. The van der Waals surface area contributed by atoms with Gasteiger partial charge in [0.25, 0.3) is 0 Å². The van der Waals surface area contributed by atoms with Gasteiger partial charge in [0, 0.05) is 9.80 Å². The van der Waals surface area contributed by atoms with E-state index in [-0.39, 0.29) is 11.7 Å². The normalized spacial score (nSPS) is 12.1. The third kappa shape index (κ3) is 3.07. The second-order valence-corrected chi connectivity index (χ2v) is 4.42. The minimum absolute atomic E-state index is 0.0724. The molecular formula is C10H8Br2FN. The fourth-order valence-corrected chi connectivity index (χ4v) is 1.97. The van der Waals surface area contributed by atoms with Gasteiger partial charge in [-0.15, -0.1) is 0 Å². The second kappa shape index (κ2) is 5.47. The number of nitrogens with zero attached hydrogens (tertiary/aromatic N) is 1. The van der Waals surface area contributed by atoms with Gasteiger partial charge in [-0.3, -0.25) is 0 Å². The Morgan fingerprint density at radius 3 is 2.71 bits per heavy atom. The lowest BCUT2D eigenvalue weighted by molar-refractivity contribution is 0.624. The molecule has 0 saturated heterocycles. The molecule has 1 rings (SSSR count). The first-order valence-electron chi connectivity index (χ1n) is 4.07. The molecule has 74 valence electrons. The van der Waals surface area contributed by atoms with Crippen LogP contribution in [0, 0.1) is 23.1 Å². The van der Waals surface area contributed by atoms with Crippen LogP contribution in [-0.2, 0) is 6.42 Å². The van der Waals surface area contributed by atoms with Crippen molar-refractivity contribution in [1.29, 1.82) is 5.26 Å². The summed E-state index contributed by atoms with van der Waals surface area (Å²) in [6.07, 6.45) is 0.628. The molecule has 0 spiro atoms. The van der Waals surface area contributed by atoms with Crippen LogP contribution in [-0.4, -0.2) is 5.33 Å². The minimum atomic E-state index is -0.270. The van der Waals surface area contributed by atoms with E-state index in [0.29, 0.717) is 11.8 Å². The molecule has 0 N–H and O–H groups in total. The van der Waals surface area contributed by atoms with E-state index in [0.717, 1.165) is 10.0 Å². The zero-order chi connectivity index (χ0) is 10.6. The molecule has 0 aromatic heterocycles. The molecule has 14 heavy (non-hydrogen) atoms. The van der Waals surface area contributed by atoms with Crippen molar-refractivity contribution in [1.82, 2.24) is 0 Å². The Hall–Kier alpha value is -0.400. The summed E-state index contributed by atoms with van der Waals surface area (Å²) >= 11 is 6.53. The van der Waals surface area contributed by atoms with Crippen LogP contribution in [0.3, 0.4) is 0 Å². The van der Waals surface area contributed by atoms with Crippen LogP contribution in [0.2, 0.25) is 0 Å². The van der Waals surface area contributed by atoms with Gasteiger partial charge >= 0.3 is 0 Å². The van der Waals surface area contributed by atoms with Crippen molar-refractivity contribution in [3.8, 4) is 6.07 Å². The van der Waals surface area contributed by atoms with E-state index >= 15 is 0 Å². The quantitative estimate of drug-likeness (QED) is 0.780. The van der Waals surface area contributed by atoms with Crippen molar-refractivity contribution >= 4 is 31.9 Å². The van der Waals surface area contributed by atoms with Crippen molar-refractivity contribution in [3.05, 3.63) is 34.1 Å². The van der Waals surface area contributed by atoms with Gasteiger partial charge in [-0.1, -0.05) is 37.9 Å². The predicted molar refractivity (Wildman–Crippen MR) is 60.7 cm³/mol. The van der Waals surface area contributed by atoms with Gasteiger partial charge in [0.15, 0.2) is 0 Å². The van der Waals surface area contributed by atoms with E-state index < -0.39 is 0 Å². The van der Waals surface area contributed by atoms with E-state index in [4.69, 9.17) is 5.26 Å². The lowest BCUT2D eigenvalue weighted by atomic mass is 10.0. The predicted octanol–water partition coefficient (Wildman–Crippen LogP) is 3.67. The highest BCUT2D eigenvalue weighted by molar-refractivity contribution is 9.10. The molecule has 0 radical (unpaired) electrons. The van der Waals surface area contributed by atoms with Crippen LogP contribution < -0.4 is 0 Å². The number of nitriles is 1. The van der Waals surface area contributed by atoms with E-state index in [1.807, 2.05) is 0 Å². The summed E-state index contributed by atoms with van der Waals surface area (Å²) in [5.41, 5.74) is 0.956. The lowest BCUT2D eigenvalue weighted by Gasteiger charge is -2.07.